The van der Waals surface area contributed by atoms with Gasteiger partial charge in [0.2, 0.25) is 10.0 Å². The highest BCUT2D eigenvalue weighted by Gasteiger charge is 2.24. The molecule has 2 rings (SSSR count). The van der Waals surface area contributed by atoms with Crippen LogP contribution in [0.4, 0.5) is 0 Å². The summed E-state index contributed by atoms with van der Waals surface area (Å²) < 4.78 is 30.4. The number of para-hydroxylation sites is 1. The maximum Gasteiger partial charge on any atom is 0.211 e. The van der Waals surface area contributed by atoms with Crippen molar-refractivity contribution in [2.75, 3.05) is 39.5 Å². The number of aliphatic imine (C=N–C) groups is 1. The lowest BCUT2D eigenvalue weighted by Gasteiger charge is -2.30. The maximum absolute atomic E-state index is 11.6. The van der Waals surface area contributed by atoms with Crippen molar-refractivity contribution in [1.29, 1.82) is 0 Å². The Balaban J connectivity index is 1.80. The second-order valence-corrected chi connectivity index (χ2v) is 8.60. The fraction of sp³-hybridized carbons (Fsp3) is 0.526. The van der Waals surface area contributed by atoms with E-state index in [1.165, 1.54) is 6.26 Å². The van der Waals surface area contributed by atoms with Crippen LogP contribution in [0.25, 0.3) is 0 Å². The standard InChI is InChI=1S/C19H30N4O3S/c1-4-13-26-18-8-6-5-7-17(18)15-22-19(20-2)21-14-16-9-11-23(12-10-16)27(3,24)25/h4-8,16H,1,9-15H2,2-3H3,(H2,20,21,22). The number of nitrogens with one attached hydrogen (secondary N) is 2. The number of nitrogens with zero attached hydrogens (tertiary/aromatic N) is 2. The Hall–Kier alpha value is -2.06. The number of piperidine rings is 1. The third-order valence-electron chi connectivity index (χ3n) is 4.60. The SMILES string of the molecule is C=CCOc1ccccc1CNC(=NC)NCC1CCN(S(C)(=O)=O)CC1. The minimum absolute atomic E-state index is 0.435. The van der Waals surface area contributed by atoms with Crippen LogP contribution in [-0.2, 0) is 16.6 Å². The zero-order valence-electron chi connectivity index (χ0n) is 16.1. The summed E-state index contributed by atoms with van der Waals surface area (Å²) in [5.74, 6) is 1.98. The van der Waals surface area contributed by atoms with Crippen molar-refractivity contribution in [3.05, 3.63) is 42.5 Å². The molecule has 0 amide bonds. The Bertz CT molecular complexity index is 741. The third-order valence-corrected chi connectivity index (χ3v) is 5.90. The van der Waals surface area contributed by atoms with Gasteiger partial charge in [-0.15, -0.1) is 0 Å². The van der Waals surface area contributed by atoms with E-state index in [4.69, 9.17) is 4.74 Å². The first kappa shape index (κ1) is 21.2. The fourth-order valence-corrected chi connectivity index (χ4v) is 3.90. The van der Waals surface area contributed by atoms with E-state index in [1.54, 1.807) is 17.4 Å². The van der Waals surface area contributed by atoms with Crippen molar-refractivity contribution in [1.82, 2.24) is 14.9 Å². The number of guanidine groups is 1. The first-order valence-corrected chi connectivity index (χ1v) is 11.0. The molecule has 8 heteroatoms. The molecule has 0 radical (unpaired) electrons. The molecule has 1 heterocycles. The van der Waals surface area contributed by atoms with Crippen molar-refractivity contribution >= 4 is 16.0 Å². The summed E-state index contributed by atoms with van der Waals surface area (Å²) in [4.78, 5) is 4.26. The molecule has 150 valence electrons. The Morgan fingerprint density at radius 1 is 1.33 bits per heavy atom. The number of ether oxygens (including phenoxy) is 1. The van der Waals surface area contributed by atoms with Gasteiger partial charge in [-0.05, 0) is 24.8 Å². The molecule has 2 N–H and O–H groups in total. The molecule has 1 aromatic rings. The van der Waals surface area contributed by atoms with Crippen LogP contribution in [0, 0.1) is 5.92 Å². The Morgan fingerprint density at radius 3 is 2.67 bits per heavy atom. The lowest BCUT2D eigenvalue weighted by molar-refractivity contribution is 0.275. The van der Waals surface area contributed by atoms with E-state index in [1.807, 2.05) is 24.3 Å². The molecule has 1 aliphatic heterocycles. The van der Waals surface area contributed by atoms with Gasteiger partial charge in [-0.2, -0.15) is 0 Å². The summed E-state index contributed by atoms with van der Waals surface area (Å²) in [7, 11) is -1.34. The summed E-state index contributed by atoms with van der Waals surface area (Å²) in [5.41, 5.74) is 1.05. The highest BCUT2D eigenvalue weighted by atomic mass is 32.2. The van der Waals surface area contributed by atoms with E-state index < -0.39 is 10.0 Å². The summed E-state index contributed by atoms with van der Waals surface area (Å²) in [6, 6.07) is 7.87. The van der Waals surface area contributed by atoms with Gasteiger partial charge < -0.3 is 15.4 Å². The molecular formula is C19H30N4O3S. The predicted molar refractivity (Wildman–Crippen MR) is 109 cm³/mol. The fourth-order valence-electron chi connectivity index (χ4n) is 3.03. The summed E-state index contributed by atoms with van der Waals surface area (Å²) in [6.45, 7) is 6.69. The first-order chi connectivity index (χ1) is 12.9. The first-order valence-electron chi connectivity index (χ1n) is 9.15. The van der Waals surface area contributed by atoms with E-state index in [2.05, 4.69) is 22.2 Å². The van der Waals surface area contributed by atoms with Crippen LogP contribution in [0.1, 0.15) is 18.4 Å². The molecule has 0 aliphatic carbocycles. The molecule has 0 bridgehead atoms. The second-order valence-electron chi connectivity index (χ2n) is 6.62. The predicted octanol–water partition coefficient (Wildman–Crippen LogP) is 1.59. The van der Waals surface area contributed by atoms with Crippen LogP contribution >= 0.6 is 0 Å². The number of rotatable bonds is 8. The monoisotopic (exact) mass is 394 g/mol. The molecule has 1 aromatic carbocycles. The minimum Gasteiger partial charge on any atom is -0.489 e. The lowest BCUT2D eigenvalue weighted by atomic mass is 9.98. The molecule has 1 fully saturated rings. The Morgan fingerprint density at radius 2 is 2.04 bits per heavy atom. The zero-order chi connectivity index (χ0) is 19.7. The average molecular weight is 395 g/mol. The smallest absolute Gasteiger partial charge is 0.211 e. The average Bonchev–Trinajstić information content (AvgIpc) is 2.67. The minimum atomic E-state index is -3.08. The van der Waals surface area contributed by atoms with Crippen molar-refractivity contribution in [2.45, 2.75) is 19.4 Å². The summed E-state index contributed by atoms with van der Waals surface area (Å²) in [6.07, 6.45) is 4.71. The maximum atomic E-state index is 11.6. The van der Waals surface area contributed by atoms with Gasteiger partial charge in [-0.25, -0.2) is 12.7 Å². The molecule has 1 saturated heterocycles. The van der Waals surface area contributed by atoms with Crippen LogP contribution in [0.15, 0.2) is 41.9 Å². The number of hydrogen-bond acceptors (Lipinski definition) is 4. The van der Waals surface area contributed by atoms with Crippen LogP contribution in [0.3, 0.4) is 0 Å². The van der Waals surface area contributed by atoms with Crippen molar-refractivity contribution in [3.63, 3.8) is 0 Å². The topological polar surface area (TPSA) is 83.0 Å². The van der Waals surface area contributed by atoms with Gasteiger partial charge in [0.05, 0.1) is 6.26 Å². The normalized spacial score (nSPS) is 16.7. The van der Waals surface area contributed by atoms with Crippen LogP contribution < -0.4 is 15.4 Å². The molecule has 0 aromatic heterocycles. The molecule has 1 aliphatic rings. The molecule has 0 saturated carbocycles. The van der Waals surface area contributed by atoms with Crippen molar-refractivity contribution in [3.8, 4) is 5.75 Å². The van der Waals surface area contributed by atoms with E-state index in [0.717, 1.165) is 36.7 Å². The highest BCUT2D eigenvalue weighted by molar-refractivity contribution is 7.88. The van der Waals surface area contributed by atoms with Gasteiger partial charge in [0, 0.05) is 38.8 Å². The van der Waals surface area contributed by atoms with Gasteiger partial charge in [-0.3, -0.25) is 4.99 Å². The largest absolute Gasteiger partial charge is 0.489 e. The van der Waals surface area contributed by atoms with E-state index in [9.17, 15) is 8.42 Å². The van der Waals surface area contributed by atoms with Gasteiger partial charge in [0.1, 0.15) is 12.4 Å². The zero-order valence-corrected chi connectivity index (χ0v) is 17.0. The summed E-state index contributed by atoms with van der Waals surface area (Å²) in [5, 5.41) is 6.64. The molecule has 0 spiro atoms. The highest BCUT2D eigenvalue weighted by Crippen LogP contribution is 2.19. The van der Waals surface area contributed by atoms with E-state index in [-0.39, 0.29) is 0 Å². The van der Waals surface area contributed by atoms with Crippen LogP contribution in [0.5, 0.6) is 5.75 Å². The number of benzene rings is 1. The molecule has 0 atom stereocenters. The third kappa shape index (κ3) is 6.88. The Kier molecular flexibility index (Phi) is 8.12. The summed E-state index contributed by atoms with van der Waals surface area (Å²) >= 11 is 0. The molecular weight excluding hydrogens is 364 g/mol. The van der Waals surface area contributed by atoms with Crippen molar-refractivity contribution < 1.29 is 13.2 Å². The second kappa shape index (κ2) is 10.3. The number of hydrogen-bond donors (Lipinski definition) is 2. The van der Waals surface area contributed by atoms with Gasteiger partial charge in [0.15, 0.2) is 5.96 Å². The van der Waals surface area contributed by atoms with E-state index in [0.29, 0.717) is 32.2 Å². The van der Waals surface area contributed by atoms with Gasteiger partial charge in [-0.1, -0.05) is 30.9 Å². The lowest BCUT2D eigenvalue weighted by Crippen LogP contribution is -2.43. The molecule has 27 heavy (non-hydrogen) atoms. The molecule has 7 nitrogen and oxygen atoms in total. The van der Waals surface area contributed by atoms with Crippen LogP contribution in [0.2, 0.25) is 0 Å². The van der Waals surface area contributed by atoms with Crippen molar-refractivity contribution in [2.24, 2.45) is 10.9 Å². The van der Waals surface area contributed by atoms with Gasteiger partial charge in [0.25, 0.3) is 0 Å². The van der Waals surface area contributed by atoms with E-state index >= 15 is 0 Å². The Labute approximate surface area is 162 Å². The number of sulfonamides is 1. The van der Waals surface area contributed by atoms with Gasteiger partial charge >= 0.3 is 0 Å². The molecule has 0 unspecified atom stereocenters. The van der Waals surface area contributed by atoms with Crippen LogP contribution in [-0.4, -0.2) is 58.2 Å². The quantitative estimate of drug-likeness (QED) is 0.397.